The lowest BCUT2D eigenvalue weighted by molar-refractivity contribution is -0.0511. The minimum absolute atomic E-state index is 0.216. The normalized spacial score (nSPS) is 26.4. The molecule has 1 aliphatic heterocycles. The van der Waals surface area contributed by atoms with Crippen LogP contribution in [-0.4, -0.2) is 50.3 Å². The first-order valence-corrected chi connectivity index (χ1v) is 5.05. The van der Waals surface area contributed by atoms with Crippen LogP contribution in [0.3, 0.4) is 0 Å². The Hall–Kier alpha value is -0.160. The fourth-order valence-corrected chi connectivity index (χ4v) is 1.47. The molecule has 0 saturated carbocycles. The van der Waals surface area contributed by atoms with Gasteiger partial charge in [-0.3, -0.25) is 0 Å². The van der Waals surface area contributed by atoms with Crippen LogP contribution in [0.5, 0.6) is 0 Å². The Bertz CT molecular complexity index is 152. The minimum atomic E-state index is -0.784. The minimum Gasteiger partial charge on any atom is -0.388 e. The number of methoxy groups -OCH3 is 1. The van der Waals surface area contributed by atoms with Crippen molar-refractivity contribution in [2.24, 2.45) is 0 Å². The molecular formula is C10H20O4. The van der Waals surface area contributed by atoms with Crippen LogP contribution in [0.1, 0.15) is 19.8 Å². The molecule has 0 spiro atoms. The predicted molar refractivity (Wildman–Crippen MR) is 52.3 cm³/mol. The van der Waals surface area contributed by atoms with Gasteiger partial charge in [-0.05, 0) is 13.3 Å². The van der Waals surface area contributed by atoms with E-state index < -0.39 is 5.60 Å². The van der Waals surface area contributed by atoms with Gasteiger partial charge >= 0.3 is 0 Å². The summed E-state index contributed by atoms with van der Waals surface area (Å²) in [5, 5.41) is 9.75. The van der Waals surface area contributed by atoms with Gasteiger partial charge in [0.1, 0.15) is 0 Å². The zero-order valence-corrected chi connectivity index (χ0v) is 8.99. The van der Waals surface area contributed by atoms with Crippen LogP contribution in [0.25, 0.3) is 0 Å². The second-order valence-corrected chi connectivity index (χ2v) is 4.04. The summed E-state index contributed by atoms with van der Waals surface area (Å²) in [6.45, 7) is 4.14. The van der Waals surface area contributed by atoms with Crippen molar-refractivity contribution >= 4 is 0 Å². The van der Waals surface area contributed by atoms with Crippen LogP contribution >= 0.6 is 0 Å². The van der Waals surface area contributed by atoms with Crippen molar-refractivity contribution in [3.63, 3.8) is 0 Å². The SMILES string of the molecule is COCC(C)(O)CCO[C@@H]1CCOC1. The molecule has 0 bridgehead atoms. The standard InChI is InChI=1S/C10H20O4/c1-10(11,8-12-2)4-6-14-9-3-5-13-7-9/h9,11H,3-8H2,1-2H3/t9-,10?/m1/s1. The summed E-state index contributed by atoms with van der Waals surface area (Å²) < 4.78 is 15.6. The Morgan fingerprint density at radius 3 is 2.93 bits per heavy atom. The van der Waals surface area contributed by atoms with Crippen molar-refractivity contribution in [2.45, 2.75) is 31.5 Å². The summed E-state index contributed by atoms with van der Waals surface area (Å²) in [6.07, 6.45) is 1.78. The van der Waals surface area contributed by atoms with Gasteiger partial charge in [-0.25, -0.2) is 0 Å². The van der Waals surface area contributed by atoms with Crippen molar-refractivity contribution in [3.8, 4) is 0 Å². The molecule has 0 aromatic rings. The van der Waals surface area contributed by atoms with Gasteiger partial charge in [-0.15, -0.1) is 0 Å². The van der Waals surface area contributed by atoms with Gasteiger partial charge in [0.05, 0.1) is 24.9 Å². The van der Waals surface area contributed by atoms with Gasteiger partial charge in [-0.1, -0.05) is 0 Å². The van der Waals surface area contributed by atoms with Crippen LogP contribution in [0.15, 0.2) is 0 Å². The van der Waals surface area contributed by atoms with Crippen LogP contribution in [0.4, 0.5) is 0 Å². The average molecular weight is 204 g/mol. The highest BCUT2D eigenvalue weighted by Crippen LogP contribution is 2.13. The molecule has 0 radical (unpaired) electrons. The highest BCUT2D eigenvalue weighted by Gasteiger charge is 2.22. The maximum Gasteiger partial charge on any atom is 0.0873 e. The smallest absolute Gasteiger partial charge is 0.0873 e. The molecule has 1 fully saturated rings. The monoisotopic (exact) mass is 204 g/mol. The first-order valence-electron chi connectivity index (χ1n) is 5.05. The molecule has 4 nitrogen and oxygen atoms in total. The van der Waals surface area contributed by atoms with Crippen LogP contribution in [-0.2, 0) is 14.2 Å². The number of aliphatic hydroxyl groups is 1. The Labute approximate surface area is 85.2 Å². The quantitative estimate of drug-likeness (QED) is 0.687. The molecule has 0 aromatic heterocycles. The molecule has 0 aromatic carbocycles. The number of ether oxygens (including phenoxy) is 3. The van der Waals surface area contributed by atoms with Gasteiger partial charge in [0.25, 0.3) is 0 Å². The van der Waals surface area contributed by atoms with E-state index in [0.29, 0.717) is 26.2 Å². The summed E-state index contributed by atoms with van der Waals surface area (Å²) in [4.78, 5) is 0. The second-order valence-electron chi connectivity index (χ2n) is 4.04. The predicted octanol–water partition coefficient (Wildman–Crippen LogP) is 0.579. The van der Waals surface area contributed by atoms with E-state index in [1.807, 2.05) is 0 Å². The summed E-state index contributed by atoms with van der Waals surface area (Å²) in [7, 11) is 1.58. The van der Waals surface area contributed by atoms with E-state index in [9.17, 15) is 5.11 Å². The van der Waals surface area contributed by atoms with Crippen LogP contribution < -0.4 is 0 Å². The van der Waals surface area contributed by atoms with Crippen molar-refractivity contribution in [3.05, 3.63) is 0 Å². The van der Waals surface area contributed by atoms with Gasteiger partial charge in [0, 0.05) is 26.7 Å². The summed E-state index contributed by atoms with van der Waals surface area (Å²) in [6, 6.07) is 0. The second kappa shape index (κ2) is 5.66. The Kier molecular flexibility index (Phi) is 4.81. The molecule has 0 amide bonds. The largest absolute Gasteiger partial charge is 0.388 e. The van der Waals surface area contributed by atoms with E-state index in [4.69, 9.17) is 14.2 Å². The number of rotatable bonds is 6. The number of hydrogen-bond acceptors (Lipinski definition) is 4. The highest BCUT2D eigenvalue weighted by atomic mass is 16.5. The van der Waals surface area contributed by atoms with Gasteiger partial charge in [0.15, 0.2) is 0 Å². The third-order valence-corrected chi connectivity index (χ3v) is 2.34. The molecule has 4 heteroatoms. The van der Waals surface area contributed by atoms with Crippen molar-refractivity contribution in [1.29, 1.82) is 0 Å². The van der Waals surface area contributed by atoms with Crippen LogP contribution in [0.2, 0.25) is 0 Å². The molecule has 1 aliphatic rings. The van der Waals surface area contributed by atoms with E-state index in [2.05, 4.69) is 0 Å². The molecule has 2 atom stereocenters. The molecule has 1 heterocycles. The van der Waals surface area contributed by atoms with Gasteiger partial charge < -0.3 is 19.3 Å². The number of hydrogen-bond donors (Lipinski definition) is 1. The highest BCUT2D eigenvalue weighted by molar-refractivity contribution is 4.72. The lowest BCUT2D eigenvalue weighted by Gasteiger charge is -2.22. The first kappa shape index (κ1) is 11.9. The summed E-state index contributed by atoms with van der Waals surface area (Å²) in [5.74, 6) is 0. The maximum atomic E-state index is 9.75. The molecule has 14 heavy (non-hydrogen) atoms. The molecule has 1 unspecified atom stereocenters. The zero-order chi connectivity index (χ0) is 10.4. The van der Waals surface area contributed by atoms with Crippen molar-refractivity contribution in [1.82, 2.24) is 0 Å². The molecule has 1 N–H and O–H groups in total. The topological polar surface area (TPSA) is 47.9 Å². The van der Waals surface area contributed by atoms with E-state index in [-0.39, 0.29) is 6.10 Å². The van der Waals surface area contributed by atoms with Gasteiger partial charge in [0.2, 0.25) is 0 Å². The molecule has 1 rings (SSSR count). The van der Waals surface area contributed by atoms with E-state index in [1.54, 1.807) is 14.0 Å². The van der Waals surface area contributed by atoms with E-state index >= 15 is 0 Å². The fraction of sp³-hybridized carbons (Fsp3) is 1.00. The molecule has 84 valence electrons. The molecular weight excluding hydrogens is 184 g/mol. The van der Waals surface area contributed by atoms with E-state index in [1.165, 1.54) is 0 Å². The average Bonchev–Trinajstić information content (AvgIpc) is 2.56. The summed E-state index contributed by atoms with van der Waals surface area (Å²) in [5.41, 5.74) is -0.784. The van der Waals surface area contributed by atoms with Gasteiger partial charge in [-0.2, -0.15) is 0 Å². The van der Waals surface area contributed by atoms with Crippen molar-refractivity contribution < 1.29 is 19.3 Å². The lowest BCUT2D eigenvalue weighted by Crippen LogP contribution is -2.32. The molecule has 0 aliphatic carbocycles. The fourth-order valence-electron chi connectivity index (χ4n) is 1.47. The summed E-state index contributed by atoms with van der Waals surface area (Å²) >= 11 is 0. The first-order chi connectivity index (χ1) is 6.64. The Morgan fingerprint density at radius 2 is 2.36 bits per heavy atom. The zero-order valence-electron chi connectivity index (χ0n) is 8.99. The van der Waals surface area contributed by atoms with Crippen LogP contribution in [0, 0.1) is 0 Å². The Morgan fingerprint density at radius 1 is 1.57 bits per heavy atom. The maximum absolute atomic E-state index is 9.75. The third-order valence-electron chi connectivity index (χ3n) is 2.34. The molecule has 1 saturated heterocycles. The van der Waals surface area contributed by atoms with E-state index in [0.717, 1.165) is 13.0 Å². The van der Waals surface area contributed by atoms with Crippen molar-refractivity contribution in [2.75, 3.05) is 33.5 Å². The third kappa shape index (κ3) is 4.37. The Balaban J connectivity index is 2.07. The lowest BCUT2D eigenvalue weighted by atomic mass is 10.1.